The van der Waals surface area contributed by atoms with Gasteiger partial charge in [-0.15, -0.1) is 0 Å². The summed E-state index contributed by atoms with van der Waals surface area (Å²) in [4.78, 5) is 11.6. The molecule has 0 aromatic heterocycles. The van der Waals surface area contributed by atoms with E-state index in [1.807, 2.05) is 13.8 Å². The van der Waals surface area contributed by atoms with E-state index in [0.717, 1.165) is 19.3 Å². The van der Waals surface area contributed by atoms with E-state index in [1.165, 1.54) is 0 Å². The second-order valence-corrected chi connectivity index (χ2v) is 3.37. The van der Waals surface area contributed by atoms with Crippen molar-refractivity contribution in [3.63, 3.8) is 0 Å². The van der Waals surface area contributed by atoms with Crippen LogP contribution in [0.4, 0.5) is 0 Å². The Morgan fingerprint density at radius 2 is 2.23 bits per heavy atom. The molecule has 1 aliphatic rings. The smallest absolute Gasteiger partial charge is 0.338 e. The average molecular weight is 186 g/mol. The van der Waals surface area contributed by atoms with E-state index in [1.54, 1.807) is 0 Å². The Labute approximate surface area is 79.4 Å². The van der Waals surface area contributed by atoms with Gasteiger partial charge in [0.25, 0.3) is 0 Å². The summed E-state index contributed by atoms with van der Waals surface area (Å²) in [5.74, 6) is -0.183. The maximum absolute atomic E-state index is 11.6. The maximum atomic E-state index is 11.6. The fourth-order valence-electron chi connectivity index (χ4n) is 1.70. The van der Waals surface area contributed by atoms with Gasteiger partial charge in [0, 0.05) is 6.61 Å². The molecular weight excluding hydrogens is 168 g/mol. The zero-order valence-electron chi connectivity index (χ0n) is 8.47. The van der Waals surface area contributed by atoms with Crippen molar-refractivity contribution in [1.82, 2.24) is 0 Å². The molecule has 1 rings (SSSR count). The van der Waals surface area contributed by atoms with Crippen LogP contribution in [0.25, 0.3) is 0 Å². The molecule has 76 valence electrons. The zero-order valence-corrected chi connectivity index (χ0v) is 8.47. The van der Waals surface area contributed by atoms with Crippen LogP contribution in [0.1, 0.15) is 39.5 Å². The van der Waals surface area contributed by atoms with Gasteiger partial charge in [-0.25, -0.2) is 4.79 Å². The van der Waals surface area contributed by atoms with Crippen LogP contribution in [-0.2, 0) is 14.3 Å². The lowest BCUT2D eigenvalue weighted by Crippen LogP contribution is -2.44. The van der Waals surface area contributed by atoms with Crippen LogP contribution in [0.5, 0.6) is 0 Å². The normalized spacial score (nSPS) is 28.5. The third-order valence-electron chi connectivity index (χ3n) is 2.57. The van der Waals surface area contributed by atoms with E-state index >= 15 is 0 Å². The number of ether oxygens (including phenoxy) is 2. The number of hydrogen-bond acceptors (Lipinski definition) is 3. The molecule has 1 saturated heterocycles. The van der Waals surface area contributed by atoms with Crippen molar-refractivity contribution in [2.24, 2.45) is 0 Å². The van der Waals surface area contributed by atoms with Crippen molar-refractivity contribution in [3.8, 4) is 0 Å². The number of rotatable bonds is 3. The molecule has 1 fully saturated rings. The first kappa shape index (κ1) is 10.5. The molecule has 0 spiro atoms. The molecule has 0 aliphatic carbocycles. The van der Waals surface area contributed by atoms with Crippen LogP contribution in [0.3, 0.4) is 0 Å². The summed E-state index contributed by atoms with van der Waals surface area (Å²) >= 11 is 0. The Kier molecular flexibility index (Phi) is 3.72. The van der Waals surface area contributed by atoms with E-state index in [0.29, 0.717) is 19.6 Å². The van der Waals surface area contributed by atoms with Gasteiger partial charge in [0.15, 0.2) is 5.60 Å². The minimum atomic E-state index is -0.631. The van der Waals surface area contributed by atoms with Crippen LogP contribution < -0.4 is 0 Å². The molecule has 0 aromatic carbocycles. The summed E-state index contributed by atoms with van der Waals surface area (Å²) in [6.07, 6.45) is 3.64. The van der Waals surface area contributed by atoms with Crippen molar-refractivity contribution in [2.75, 3.05) is 13.2 Å². The van der Waals surface area contributed by atoms with Crippen molar-refractivity contribution in [1.29, 1.82) is 0 Å². The average Bonchev–Trinajstić information content (AvgIpc) is 2.19. The van der Waals surface area contributed by atoms with E-state index in [4.69, 9.17) is 9.47 Å². The third kappa shape index (κ3) is 2.21. The third-order valence-corrected chi connectivity index (χ3v) is 2.57. The molecule has 1 heterocycles. The Hall–Kier alpha value is -0.570. The standard InChI is InChI=1S/C10H18O3/c1-3-10(9(11)12-4-2)7-5-6-8-13-10/h3-8H2,1-2H3. The zero-order chi connectivity index (χ0) is 9.73. The lowest BCUT2D eigenvalue weighted by molar-refractivity contribution is -0.178. The Morgan fingerprint density at radius 1 is 1.46 bits per heavy atom. The van der Waals surface area contributed by atoms with Gasteiger partial charge in [0.1, 0.15) is 0 Å². The molecule has 0 radical (unpaired) electrons. The minimum absolute atomic E-state index is 0.183. The molecule has 0 saturated carbocycles. The van der Waals surface area contributed by atoms with Crippen LogP contribution in [-0.4, -0.2) is 24.8 Å². The molecule has 3 heteroatoms. The van der Waals surface area contributed by atoms with E-state index in [2.05, 4.69) is 0 Å². The summed E-state index contributed by atoms with van der Waals surface area (Å²) in [7, 11) is 0. The Bertz CT molecular complexity index is 171. The topological polar surface area (TPSA) is 35.5 Å². The van der Waals surface area contributed by atoms with Gasteiger partial charge >= 0.3 is 5.97 Å². The Balaban J connectivity index is 2.61. The van der Waals surface area contributed by atoms with E-state index < -0.39 is 5.60 Å². The minimum Gasteiger partial charge on any atom is -0.464 e. The van der Waals surface area contributed by atoms with Gasteiger partial charge in [-0.1, -0.05) is 6.92 Å². The predicted molar refractivity (Wildman–Crippen MR) is 49.5 cm³/mol. The molecule has 3 nitrogen and oxygen atoms in total. The molecule has 13 heavy (non-hydrogen) atoms. The van der Waals surface area contributed by atoms with Crippen molar-refractivity contribution >= 4 is 5.97 Å². The quantitative estimate of drug-likeness (QED) is 0.631. The summed E-state index contributed by atoms with van der Waals surface area (Å²) in [5, 5.41) is 0. The van der Waals surface area contributed by atoms with Crippen LogP contribution in [0.15, 0.2) is 0 Å². The van der Waals surface area contributed by atoms with Gasteiger partial charge in [-0.3, -0.25) is 0 Å². The van der Waals surface area contributed by atoms with E-state index in [9.17, 15) is 4.79 Å². The molecule has 1 unspecified atom stereocenters. The molecule has 0 bridgehead atoms. The highest BCUT2D eigenvalue weighted by Gasteiger charge is 2.40. The highest BCUT2D eigenvalue weighted by Crippen LogP contribution is 2.29. The van der Waals surface area contributed by atoms with Crippen LogP contribution >= 0.6 is 0 Å². The maximum Gasteiger partial charge on any atom is 0.338 e. The van der Waals surface area contributed by atoms with Gasteiger partial charge in [0.05, 0.1) is 6.61 Å². The number of hydrogen-bond donors (Lipinski definition) is 0. The second-order valence-electron chi connectivity index (χ2n) is 3.37. The second kappa shape index (κ2) is 4.61. The monoisotopic (exact) mass is 186 g/mol. The molecule has 0 N–H and O–H groups in total. The summed E-state index contributed by atoms with van der Waals surface area (Å²) in [5.41, 5.74) is -0.631. The van der Waals surface area contributed by atoms with Crippen molar-refractivity contribution in [2.45, 2.75) is 45.1 Å². The Morgan fingerprint density at radius 3 is 2.69 bits per heavy atom. The summed E-state index contributed by atoms with van der Waals surface area (Å²) in [6, 6.07) is 0. The van der Waals surface area contributed by atoms with Crippen molar-refractivity contribution < 1.29 is 14.3 Å². The summed E-state index contributed by atoms with van der Waals surface area (Å²) < 4.78 is 10.6. The molecule has 0 amide bonds. The fourth-order valence-corrected chi connectivity index (χ4v) is 1.70. The highest BCUT2D eigenvalue weighted by atomic mass is 16.6. The van der Waals surface area contributed by atoms with Crippen LogP contribution in [0, 0.1) is 0 Å². The van der Waals surface area contributed by atoms with Gasteiger partial charge < -0.3 is 9.47 Å². The first-order valence-corrected chi connectivity index (χ1v) is 5.06. The van der Waals surface area contributed by atoms with Gasteiger partial charge in [-0.2, -0.15) is 0 Å². The van der Waals surface area contributed by atoms with Gasteiger partial charge in [0.2, 0.25) is 0 Å². The van der Waals surface area contributed by atoms with E-state index in [-0.39, 0.29) is 5.97 Å². The predicted octanol–water partition coefficient (Wildman–Crippen LogP) is 1.90. The fraction of sp³-hybridized carbons (Fsp3) is 0.900. The number of carbonyl (C=O) groups is 1. The summed E-state index contributed by atoms with van der Waals surface area (Å²) in [6.45, 7) is 4.92. The molecule has 1 aliphatic heterocycles. The number of esters is 1. The highest BCUT2D eigenvalue weighted by molar-refractivity contribution is 5.79. The lowest BCUT2D eigenvalue weighted by atomic mass is 9.91. The first-order chi connectivity index (χ1) is 6.25. The SMILES string of the molecule is CCOC(=O)C1(CC)CCCCO1. The molecule has 0 aromatic rings. The largest absolute Gasteiger partial charge is 0.464 e. The molecular formula is C10H18O3. The molecule has 1 atom stereocenters. The van der Waals surface area contributed by atoms with Crippen LogP contribution in [0.2, 0.25) is 0 Å². The van der Waals surface area contributed by atoms with Gasteiger partial charge in [-0.05, 0) is 32.6 Å². The lowest BCUT2D eigenvalue weighted by Gasteiger charge is -2.33. The first-order valence-electron chi connectivity index (χ1n) is 5.06. The van der Waals surface area contributed by atoms with Crippen molar-refractivity contribution in [3.05, 3.63) is 0 Å². The number of carbonyl (C=O) groups excluding carboxylic acids is 1.